The van der Waals surface area contributed by atoms with Crippen LogP contribution in [-0.4, -0.2) is 22.7 Å². The van der Waals surface area contributed by atoms with Gasteiger partial charge < -0.3 is 10.4 Å². The molecule has 2 rings (SSSR count). The van der Waals surface area contributed by atoms with Crippen molar-refractivity contribution in [3.63, 3.8) is 0 Å². The number of rotatable bonds is 6. The fourth-order valence-electron chi connectivity index (χ4n) is 2.18. The average Bonchev–Trinajstić information content (AvgIpc) is 2.75. The zero-order chi connectivity index (χ0) is 13.7. The Hall–Kier alpha value is -1.39. The van der Waals surface area contributed by atoms with Crippen LogP contribution in [0.5, 0.6) is 5.75 Å². The van der Waals surface area contributed by atoms with Crippen molar-refractivity contribution in [2.75, 3.05) is 6.54 Å². The van der Waals surface area contributed by atoms with Gasteiger partial charge in [-0.05, 0) is 37.6 Å². The SMILES string of the molecule is CCNC(Cc1cccc(O)c1)Cc1nc(C)cs1. The van der Waals surface area contributed by atoms with E-state index in [1.165, 1.54) is 5.01 Å². The molecule has 4 heteroatoms. The molecular weight excluding hydrogens is 256 g/mol. The quantitative estimate of drug-likeness (QED) is 0.852. The van der Waals surface area contributed by atoms with Crippen LogP contribution in [0.1, 0.15) is 23.2 Å². The van der Waals surface area contributed by atoms with Crippen LogP contribution < -0.4 is 5.32 Å². The zero-order valence-corrected chi connectivity index (χ0v) is 12.2. The lowest BCUT2D eigenvalue weighted by atomic mass is 10.0. The molecule has 1 aromatic heterocycles. The van der Waals surface area contributed by atoms with Crippen LogP contribution in [0.25, 0.3) is 0 Å². The van der Waals surface area contributed by atoms with Gasteiger partial charge in [0.25, 0.3) is 0 Å². The van der Waals surface area contributed by atoms with Gasteiger partial charge >= 0.3 is 0 Å². The standard InChI is InChI=1S/C15H20N2OS/c1-3-16-13(9-15-17-11(2)10-19-15)7-12-5-4-6-14(18)8-12/h4-6,8,10,13,16,18H,3,7,9H2,1-2H3. The maximum Gasteiger partial charge on any atom is 0.115 e. The third-order valence-electron chi connectivity index (χ3n) is 2.97. The van der Waals surface area contributed by atoms with Gasteiger partial charge in [0.15, 0.2) is 0 Å². The minimum atomic E-state index is 0.331. The van der Waals surface area contributed by atoms with Gasteiger partial charge in [0.1, 0.15) is 5.75 Å². The number of hydrogen-bond donors (Lipinski definition) is 2. The van der Waals surface area contributed by atoms with E-state index in [0.29, 0.717) is 11.8 Å². The molecule has 0 aliphatic heterocycles. The van der Waals surface area contributed by atoms with Crippen molar-refractivity contribution in [1.29, 1.82) is 0 Å². The van der Waals surface area contributed by atoms with Crippen molar-refractivity contribution in [2.24, 2.45) is 0 Å². The van der Waals surface area contributed by atoms with E-state index in [0.717, 1.165) is 30.6 Å². The summed E-state index contributed by atoms with van der Waals surface area (Å²) in [6, 6.07) is 7.84. The van der Waals surface area contributed by atoms with Gasteiger partial charge in [-0.1, -0.05) is 19.1 Å². The van der Waals surface area contributed by atoms with Crippen LogP contribution in [0, 0.1) is 6.92 Å². The molecule has 0 spiro atoms. The fourth-order valence-corrected chi connectivity index (χ4v) is 3.03. The third kappa shape index (κ3) is 4.33. The number of benzene rings is 1. The van der Waals surface area contributed by atoms with Crippen molar-refractivity contribution in [2.45, 2.75) is 32.7 Å². The second kappa shape index (κ2) is 6.68. The molecule has 0 saturated carbocycles. The van der Waals surface area contributed by atoms with Crippen molar-refractivity contribution in [1.82, 2.24) is 10.3 Å². The summed E-state index contributed by atoms with van der Waals surface area (Å²) in [5.74, 6) is 0.331. The van der Waals surface area contributed by atoms with Crippen LogP contribution in [-0.2, 0) is 12.8 Å². The number of nitrogens with one attached hydrogen (secondary N) is 1. The van der Waals surface area contributed by atoms with Gasteiger partial charge in [-0.15, -0.1) is 11.3 Å². The summed E-state index contributed by atoms with van der Waals surface area (Å²) >= 11 is 1.72. The highest BCUT2D eigenvalue weighted by molar-refractivity contribution is 7.09. The number of thiazole rings is 1. The fraction of sp³-hybridized carbons (Fsp3) is 0.400. The van der Waals surface area contributed by atoms with Gasteiger partial charge in [0.05, 0.1) is 5.01 Å². The predicted octanol–water partition coefficient (Wildman–Crippen LogP) is 2.92. The molecule has 3 nitrogen and oxygen atoms in total. The van der Waals surface area contributed by atoms with E-state index in [1.54, 1.807) is 17.4 Å². The molecule has 1 aromatic carbocycles. The van der Waals surface area contributed by atoms with Crippen LogP contribution >= 0.6 is 11.3 Å². The third-order valence-corrected chi connectivity index (χ3v) is 3.96. The molecule has 0 aliphatic rings. The molecule has 1 unspecified atom stereocenters. The molecule has 19 heavy (non-hydrogen) atoms. The molecule has 0 amide bonds. The Labute approximate surface area is 118 Å². The molecule has 0 aliphatic carbocycles. The molecule has 0 saturated heterocycles. The summed E-state index contributed by atoms with van der Waals surface area (Å²) in [5, 5.41) is 16.3. The van der Waals surface area contributed by atoms with Crippen LogP contribution in [0.15, 0.2) is 29.6 Å². The second-order valence-corrected chi connectivity index (χ2v) is 5.66. The first-order chi connectivity index (χ1) is 9.17. The summed E-state index contributed by atoms with van der Waals surface area (Å²) in [5.41, 5.74) is 2.24. The van der Waals surface area contributed by atoms with E-state index >= 15 is 0 Å². The zero-order valence-electron chi connectivity index (χ0n) is 11.4. The lowest BCUT2D eigenvalue weighted by Crippen LogP contribution is -2.33. The summed E-state index contributed by atoms with van der Waals surface area (Å²) in [6.45, 7) is 5.08. The number of aromatic hydroxyl groups is 1. The van der Waals surface area contributed by atoms with Crippen molar-refractivity contribution >= 4 is 11.3 Å². The first kappa shape index (κ1) is 14.0. The highest BCUT2D eigenvalue weighted by Crippen LogP contribution is 2.16. The second-order valence-electron chi connectivity index (χ2n) is 4.72. The molecule has 1 heterocycles. The first-order valence-corrected chi connectivity index (χ1v) is 7.47. The lowest BCUT2D eigenvalue weighted by molar-refractivity contribution is 0.472. The Balaban J connectivity index is 2.03. The molecule has 2 aromatic rings. The van der Waals surface area contributed by atoms with E-state index < -0.39 is 0 Å². The number of likely N-dealkylation sites (N-methyl/N-ethyl adjacent to an activating group) is 1. The van der Waals surface area contributed by atoms with E-state index in [4.69, 9.17) is 0 Å². The molecule has 102 valence electrons. The molecule has 0 radical (unpaired) electrons. The predicted molar refractivity (Wildman–Crippen MR) is 79.8 cm³/mol. The molecule has 0 fully saturated rings. The summed E-state index contributed by atoms with van der Waals surface area (Å²) < 4.78 is 0. The monoisotopic (exact) mass is 276 g/mol. The number of aryl methyl sites for hydroxylation is 1. The van der Waals surface area contributed by atoms with Gasteiger partial charge in [-0.2, -0.15) is 0 Å². The van der Waals surface area contributed by atoms with Crippen molar-refractivity contribution < 1.29 is 5.11 Å². The van der Waals surface area contributed by atoms with Crippen LogP contribution in [0.3, 0.4) is 0 Å². The maximum absolute atomic E-state index is 9.52. The smallest absolute Gasteiger partial charge is 0.115 e. The maximum atomic E-state index is 9.52. The van der Waals surface area contributed by atoms with E-state index in [1.807, 2.05) is 19.1 Å². The largest absolute Gasteiger partial charge is 0.508 e. The Morgan fingerprint density at radius 3 is 2.84 bits per heavy atom. The summed E-state index contributed by atoms with van der Waals surface area (Å²) in [7, 11) is 0. The van der Waals surface area contributed by atoms with Gasteiger partial charge in [0, 0.05) is 23.5 Å². The van der Waals surface area contributed by atoms with E-state index in [2.05, 4.69) is 28.7 Å². The van der Waals surface area contributed by atoms with Crippen molar-refractivity contribution in [3.05, 3.63) is 45.9 Å². The number of phenols is 1. The molecular formula is C15H20N2OS. The summed E-state index contributed by atoms with van der Waals surface area (Å²) in [4.78, 5) is 4.52. The highest BCUT2D eigenvalue weighted by Gasteiger charge is 2.12. The molecule has 0 bridgehead atoms. The molecule has 2 N–H and O–H groups in total. The number of nitrogens with zero attached hydrogens (tertiary/aromatic N) is 1. The van der Waals surface area contributed by atoms with Gasteiger partial charge in [0.2, 0.25) is 0 Å². The minimum absolute atomic E-state index is 0.331. The Morgan fingerprint density at radius 1 is 1.37 bits per heavy atom. The highest BCUT2D eigenvalue weighted by atomic mass is 32.1. The van der Waals surface area contributed by atoms with Gasteiger partial charge in [-0.3, -0.25) is 0 Å². The topological polar surface area (TPSA) is 45.1 Å². The average molecular weight is 276 g/mol. The Morgan fingerprint density at radius 2 is 2.21 bits per heavy atom. The number of hydrogen-bond acceptors (Lipinski definition) is 4. The van der Waals surface area contributed by atoms with Crippen molar-refractivity contribution in [3.8, 4) is 5.75 Å². The normalized spacial score (nSPS) is 12.5. The number of aromatic nitrogens is 1. The lowest BCUT2D eigenvalue weighted by Gasteiger charge is -2.16. The minimum Gasteiger partial charge on any atom is -0.508 e. The Kier molecular flexibility index (Phi) is 4.93. The Bertz CT molecular complexity index is 524. The van der Waals surface area contributed by atoms with E-state index in [-0.39, 0.29) is 0 Å². The summed E-state index contributed by atoms with van der Waals surface area (Å²) in [6.07, 6.45) is 1.84. The first-order valence-electron chi connectivity index (χ1n) is 6.59. The number of phenolic OH excluding ortho intramolecular Hbond substituents is 1. The van der Waals surface area contributed by atoms with E-state index in [9.17, 15) is 5.11 Å². The van der Waals surface area contributed by atoms with Crippen LogP contribution in [0.2, 0.25) is 0 Å². The van der Waals surface area contributed by atoms with Crippen LogP contribution in [0.4, 0.5) is 0 Å². The molecule has 1 atom stereocenters. The van der Waals surface area contributed by atoms with Gasteiger partial charge in [-0.25, -0.2) is 4.98 Å².